The van der Waals surface area contributed by atoms with Crippen molar-refractivity contribution in [3.8, 4) is 0 Å². The summed E-state index contributed by atoms with van der Waals surface area (Å²) in [6, 6.07) is 25.7. The molecule has 0 bridgehead atoms. The molecule has 4 aromatic heterocycles. The molecule has 5 aromatic carbocycles. The Labute approximate surface area is 231 Å². The zero-order valence-electron chi connectivity index (χ0n) is 22.6. The van der Waals surface area contributed by atoms with Gasteiger partial charge in [0.05, 0.1) is 16.6 Å². The molecule has 0 saturated heterocycles. The van der Waals surface area contributed by atoms with E-state index in [0.29, 0.717) is 22.1 Å². The van der Waals surface area contributed by atoms with E-state index < -0.39 is 0 Å². The summed E-state index contributed by atoms with van der Waals surface area (Å²) in [5.74, 6) is 0. The Bertz CT molecular complexity index is 2820. The van der Waals surface area contributed by atoms with E-state index in [1.54, 1.807) is 8.80 Å². The molecule has 0 unspecified atom stereocenters. The standard InChI is InChI=1S/C35H22N4O2/c1-17(2)20-9-6-11-25-28(20)18(3)38-32(36-25)21-13-16-24-31-22(14-15-23(30(21)31)34(38)40)33-37-26-10-4-7-19-8-5-12-27(29(19)26)39(33)35(24)41/h4-16H,1-3H3. The van der Waals surface area contributed by atoms with Crippen LogP contribution in [0.25, 0.3) is 81.9 Å². The monoisotopic (exact) mass is 530 g/mol. The van der Waals surface area contributed by atoms with E-state index >= 15 is 0 Å². The first-order chi connectivity index (χ1) is 19.9. The third kappa shape index (κ3) is 2.62. The van der Waals surface area contributed by atoms with Crippen LogP contribution in [0.1, 0.15) is 19.5 Å². The van der Waals surface area contributed by atoms with Crippen LogP contribution < -0.4 is 16.3 Å². The van der Waals surface area contributed by atoms with Gasteiger partial charge < -0.3 is 0 Å². The van der Waals surface area contributed by atoms with Gasteiger partial charge >= 0.3 is 0 Å². The maximum absolute atomic E-state index is 14.2. The van der Waals surface area contributed by atoms with Crippen LogP contribution in [-0.2, 0) is 0 Å². The van der Waals surface area contributed by atoms with E-state index in [0.717, 1.165) is 70.7 Å². The maximum atomic E-state index is 14.2. The van der Waals surface area contributed by atoms with E-state index in [9.17, 15) is 9.59 Å². The minimum absolute atomic E-state index is 0.137. The van der Waals surface area contributed by atoms with Crippen molar-refractivity contribution in [1.29, 1.82) is 0 Å². The Morgan fingerprint density at radius 2 is 1.12 bits per heavy atom. The fourth-order valence-electron chi connectivity index (χ4n) is 7.01. The molecule has 0 aliphatic rings. The van der Waals surface area contributed by atoms with Gasteiger partial charge in [0, 0.05) is 48.8 Å². The van der Waals surface area contributed by atoms with E-state index in [2.05, 4.69) is 19.9 Å². The van der Waals surface area contributed by atoms with Crippen LogP contribution in [0.5, 0.6) is 0 Å². The third-order valence-electron chi connectivity index (χ3n) is 8.77. The van der Waals surface area contributed by atoms with E-state index in [4.69, 9.17) is 9.97 Å². The number of fused-ring (bicyclic) bond motifs is 6. The molecule has 194 valence electrons. The van der Waals surface area contributed by atoms with Crippen LogP contribution in [0.15, 0.2) is 88.5 Å². The van der Waals surface area contributed by atoms with Gasteiger partial charge in [-0.25, -0.2) is 9.97 Å². The molecular weight excluding hydrogens is 508 g/mol. The molecule has 0 radical (unpaired) electrons. The van der Waals surface area contributed by atoms with Gasteiger partial charge in [0.25, 0.3) is 11.1 Å². The minimum Gasteiger partial charge on any atom is -0.268 e. The Balaban J connectivity index is 1.57. The first-order valence-electron chi connectivity index (χ1n) is 13.7. The first-order valence-corrected chi connectivity index (χ1v) is 13.7. The molecule has 0 N–H and O–H groups in total. The molecular formula is C35H22N4O2. The van der Waals surface area contributed by atoms with Crippen LogP contribution >= 0.6 is 0 Å². The molecule has 9 rings (SSSR count). The summed E-state index contributed by atoms with van der Waals surface area (Å²) in [7, 11) is 0. The van der Waals surface area contributed by atoms with Gasteiger partial charge in [-0.05, 0) is 73.8 Å². The lowest BCUT2D eigenvalue weighted by Gasteiger charge is -2.17. The topological polar surface area (TPSA) is 68.7 Å². The summed E-state index contributed by atoms with van der Waals surface area (Å²) in [6.07, 6.45) is 0. The number of aromatic nitrogens is 4. The predicted molar refractivity (Wildman–Crippen MR) is 167 cm³/mol. The fraction of sp³-hybridized carbons (Fsp3) is 0.0857. The number of pyridine rings is 2. The predicted octanol–water partition coefficient (Wildman–Crippen LogP) is 6.28. The minimum atomic E-state index is -0.144. The molecule has 0 amide bonds. The smallest absolute Gasteiger partial charge is 0.264 e. The Morgan fingerprint density at radius 3 is 1.78 bits per heavy atom. The number of hydrogen-bond acceptors (Lipinski definition) is 4. The first kappa shape index (κ1) is 22.5. The lowest BCUT2D eigenvalue weighted by molar-refractivity contribution is 1.04. The molecule has 0 atom stereocenters. The second-order valence-corrected chi connectivity index (χ2v) is 11.2. The summed E-state index contributed by atoms with van der Waals surface area (Å²) in [6.45, 7) is 6.14. The lowest BCUT2D eigenvalue weighted by Crippen LogP contribution is -2.21. The summed E-state index contributed by atoms with van der Waals surface area (Å²) < 4.78 is 3.46. The third-order valence-corrected chi connectivity index (χ3v) is 8.77. The zero-order chi connectivity index (χ0) is 27.7. The number of rotatable bonds is 0. The molecule has 4 heterocycles. The SMILES string of the molecule is CC(C)=c1cccc2nc3c4ccc5c(=O)n6c7cccc8cccc(nc6c6ccc(c(=O)n3c(C)c12)c4c56)c87. The number of nitrogens with zero attached hydrogens (tertiary/aromatic N) is 4. The Hall–Kier alpha value is -5.36. The van der Waals surface area contributed by atoms with E-state index in [1.165, 1.54) is 0 Å². The quantitative estimate of drug-likeness (QED) is 0.171. The van der Waals surface area contributed by atoms with Crippen molar-refractivity contribution < 1.29 is 0 Å². The average Bonchev–Trinajstić information content (AvgIpc) is 2.98. The van der Waals surface area contributed by atoms with Gasteiger partial charge in [-0.1, -0.05) is 42.0 Å². The molecule has 0 saturated carbocycles. The number of hydrogen-bond donors (Lipinski definition) is 0. The average molecular weight is 531 g/mol. The van der Waals surface area contributed by atoms with Crippen molar-refractivity contribution in [3.63, 3.8) is 0 Å². The molecule has 6 heteroatoms. The zero-order valence-corrected chi connectivity index (χ0v) is 22.6. The molecule has 0 aliphatic heterocycles. The second kappa shape index (κ2) is 7.43. The highest BCUT2D eigenvalue weighted by molar-refractivity contribution is 6.27. The van der Waals surface area contributed by atoms with Crippen molar-refractivity contribution >= 4 is 81.9 Å². The van der Waals surface area contributed by atoms with Gasteiger partial charge in [0.1, 0.15) is 11.3 Å². The molecule has 9 aromatic rings. The second-order valence-electron chi connectivity index (χ2n) is 11.2. The molecule has 41 heavy (non-hydrogen) atoms. The van der Waals surface area contributed by atoms with Gasteiger partial charge in [0.15, 0.2) is 0 Å². The largest absolute Gasteiger partial charge is 0.268 e. The van der Waals surface area contributed by atoms with Crippen molar-refractivity contribution in [2.75, 3.05) is 0 Å². The van der Waals surface area contributed by atoms with Crippen LogP contribution in [0.4, 0.5) is 0 Å². The van der Waals surface area contributed by atoms with Crippen molar-refractivity contribution in [2.45, 2.75) is 20.8 Å². The van der Waals surface area contributed by atoms with Crippen LogP contribution in [0.2, 0.25) is 0 Å². The Morgan fingerprint density at radius 1 is 0.585 bits per heavy atom. The van der Waals surface area contributed by atoms with Crippen molar-refractivity contribution in [2.24, 2.45) is 0 Å². The fourth-order valence-corrected chi connectivity index (χ4v) is 7.01. The highest BCUT2D eigenvalue weighted by atomic mass is 16.1. The van der Waals surface area contributed by atoms with E-state index in [1.807, 2.05) is 79.7 Å². The van der Waals surface area contributed by atoms with E-state index in [-0.39, 0.29) is 11.1 Å². The van der Waals surface area contributed by atoms with Gasteiger partial charge in [-0.2, -0.15) is 0 Å². The van der Waals surface area contributed by atoms with Crippen molar-refractivity contribution in [1.82, 2.24) is 18.8 Å². The van der Waals surface area contributed by atoms with Gasteiger partial charge in [-0.15, -0.1) is 0 Å². The Kier molecular flexibility index (Phi) is 4.07. The normalized spacial score (nSPS) is 12.5. The summed E-state index contributed by atoms with van der Waals surface area (Å²) in [5, 5.41) is 8.40. The number of aryl methyl sites for hydroxylation is 1. The molecule has 6 nitrogen and oxygen atoms in total. The molecule has 0 fully saturated rings. The highest BCUT2D eigenvalue weighted by Crippen LogP contribution is 2.37. The lowest BCUT2D eigenvalue weighted by atomic mass is 9.95. The summed E-state index contributed by atoms with van der Waals surface area (Å²) in [5.41, 5.74) is 5.42. The highest BCUT2D eigenvalue weighted by Gasteiger charge is 2.22. The van der Waals surface area contributed by atoms with Crippen LogP contribution in [-0.4, -0.2) is 18.8 Å². The van der Waals surface area contributed by atoms with Crippen LogP contribution in [0.3, 0.4) is 0 Å². The maximum Gasteiger partial charge on any atom is 0.264 e. The van der Waals surface area contributed by atoms with Crippen molar-refractivity contribution in [3.05, 3.63) is 110 Å². The van der Waals surface area contributed by atoms with Gasteiger partial charge in [-0.3, -0.25) is 18.4 Å². The van der Waals surface area contributed by atoms with Gasteiger partial charge in [0.2, 0.25) is 0 Å². The summed E-state index contributed by atoms with van der Waals surface area (Å²) >= 11 is 0. The number of benzene rings is 5. The summed E-state index contributed by atoms with van der Waals surface area (Å²) in [4.78, 5) is 38.5. The molecule has 0 aliphatic carbocycles. The molecule has 0 spiro atoms. The van der Waals surface area contributed by atoms with Crippen LogP contribution in [0, 0.1) is 6.92 Å².